The zero-order valence-electron chi connectivity index (χ0n) is 39.6. The van der Waals surface area contributed by atoms with Crippen LogP contribution in [0.3, 0.4) is 0 Å². The number of fused-ring (bicyclic) bond motifs is 1. The number of rotatable bonds is 15. The number of ether oxygens (including phenoxy) is 7. The van der Waals surface area contributed by atoms with E-state index in [-0.39, 0.29) is 54.4 Å². The van der Waals surface area contributed by atoms with Crippen LogP contribution in [-0.4, -0.2) is 53.5 Å². The number of hydrogen-bond acceptors (Lipinski definition) is 9. The van der Waals surface area contributed by atoms with E-state index in [1.165, 1.54) is 18.2 Å². The number of cyclic esters (lactones) is 1. The van der Waals surface area contributed by atoms with Crippen LogP contribution in [0.15, 0.2) is 176 Å². The van der Waals surface area contributed by atoms with Crippen molar-refractivity contribution >= 4 is 5.97 Å². The minimum Gasteiger partial charge on any atom is -0.460 e. The molecule has 9 nitrogen and oxygen atoms in total. The van der Waals surface area contributed by atoms with Gasteiger partial charge in [0.15, 0.2) is 6.10 Å². The smallest absolute Gasteiger partial charge is 0.338 e. The molecule has 3 heterocycles. The molecular formula is C58H62F2O9. The van der Waals surface area contributed by atoms with Crippen molar-refractivity contribution in [2.24, 2.45) is 11.8 Å². The van der Waals surface area contributed by atoms with Gasteiger partial charge < -0.3 is 38.3 Å². The van der Waals surface area contributed by atoms with Gasteiger partial charge in [-0.05, 0) is 35.1 Å². The predicted octanol–water partition coefficient (Wildman–Crippen LogP) is 11.4. The molecule has 1 unspecified atom stereocenters. The Balaban J connectivity index is 0.000000211. The summed E-state index contributed by atoms with van der Waals surface area (Å²) < 4.78 is 77.9. The van der Waals surface area contributed by atoms with Crippen molar-refractivity contribution in [2.75, 3.05) is 0 Å². The van der Waals surface area contributed by atoms with Crippen LogP contribution in [0.1, 0.15) is 79.5 Å². The van der Waals surface area contributed by atoms with Crippen molar-refractivity contribution in [3.05, 3.63) is 215 Å². The topological polar surface area (TPSA) is 102 Å². The molecule has 2 fully saturated rings. The van der Waals surface area contributed by atoms with Crippen molar-refractivity contribution in [3.63, 3.8) is 0 Å². The van der Waals surface area contributed by atoms with Crippen LogP contribution >= 0.6 is 0 Å². The van der Waals surface area contributed by atoms with Gasteiger partial charge in [0.05, 0.1) is 38.6 Å². The number of esters is 1. The number of halogens is 2. The van der Waals surface area contributed by atoms with E-state index in [0.29, 0.717) is 25.2 Å². The summed E-state index contributed by atoms with van der Waals surface area (Å²) in [7, 11) is 0. The summed E-state index contributed by atoms with van der Waals surface area (Å²) in [6, 6.07) is 53.2. The lowest BCUT2D eigenvalue weighted by Crippen LogP contribution is -2.73. The Morgan fingerprint density at radius 1 is 0.522 bits per heavy atom. The van der Waals surface area contributed by atoms with Crippen LogP contribution in [0.25, 0.3) is 0 Å². The lowest BCUT2D eigenvalue weighted by atomic mass is 9.76. The third kappa shape index (κ3) is 10.8. The van der Waals surface area contributed by atoms with Gasteiger partial charge in [-0.3, -0.25) is 0 Å². The number of carbonyl (C=O) groups excluding carboxylic acids is 1. The maximum atomic E-state index is 17.2. The molecule has 0 radical (unpaired) electrons. The second-order valence-electron chi connectivity index (χ2n) is 18.0. The molecule has 0 amide bonds. The fourth-order valence-corrected chi connectivity index (χ4v) is 9.65. The molecule has 0 saturated carbocycles. The van der Waals surface area contributed by atoms with Crippen molar-refractivity contribution in [1.29, 1.82) is 0 Å². The molecule has 6 aromatic carbocycles. The Hall–Kier alpha value is -5.63. The van der Waals surface area contributed by atoms with Crippen molar-refractivity contribution in [1.82, 2.24) is 0 Å². The molecule has 0 aliphatic carbocycles. The van der Waals surface area contributed by atoms with Crippen LogP contribution in [0.5, 0.6) is 0 Å². The first kappa shape index (κ1) is 49.8. The Labute approximate surface area is 404 Å². The van der Waals surface area contributed by atoms with Gasteiger partial charge in [0, 0.05) is 28.5 Å². The van der Waals surface area contributed by atoms with E-state index < -0.39 is 41.9 Å². The van der Waals surface area contributed by atoms with Gasteiger partial charge >= 0.3 is 11.9 Å². The van der Waals surface area contributed by atoms with E-state index in [4.69, 9.17) is 33.2 Å². The quantitative estimate of drug-likeness (QED) is 0.101. The van der Waals surface area contributed by atoms with Crippen LogP contribution in [0.4, 0.5) is 8.78 Å². The number of hydrogen-bond donors (Lipinski definition) is 1. The molecule has 0 bridgehead atoms. The van der Waals surface area contributed by atoms with Gasteiger partial charge in [0.25, 0.3) is 5.79 Å². The maximum Gasteiger partial charge on any atom is 0.338 e. The summed E-state index contributed by atoms with van der Waals surface area (Å²) in [5.74, 6) is -9.30. The first-order valence-corrected chi connectivity index (χ1v) is 23.9. The molecular weight excluding hydrogens is 879 g/mol. The highest BCUT2D eigenvalue weighted by Crippen LogP contribution is 2.59. The number of carbonyl (C=O) groups is 1. The van der Waals surface area contributed by atoms with E-state index in [1.807, 2.05) is 142 Å². The van der Waals surface area contributed by atoms with Gasteiger partial charge in [-0.15, -0.1) is 0 Å². The minimum absolute atomic E-state index is 0.0101. The Kier molecular flexibility index (Phi) is 16.2. The lowest BCUT2D eigenvalue weighted by molar-refractivity contribution is -0.479. The summed E-state index contributed by atoms with van der Waals surface area (Å²) >= 11 is 0. The molecule has 3 aliphatic heterocycles. The number of benzene rings is 6. The monoisotopic (exact) mass is 940 g/mol. The fourth-order valence-electron chi connectivity index (χ4n) is 9.65. The standard InChI is InChI=1S/C36H36F2O5.C22H26O4/c1-3-31-25(2)32(40-23-26-15-7-4-8-16-26)33(41-24-27-17-9-5-10-18-27)36(42-31)35(37,38)30-22-14-13-21-29(30)34(39,43-36)28-19-11-6-12-20-28;1-3-19-16(2)20(24-14-17-10-6-4-7-11-17)21(22(23)26-19)25-15-18-12-8-5-9-13-18/h4-22,25,31-33,39H,3,23-24H2,1-2H3;4-13,16,19-21H,3,14-15H2,1-2H3/t25-,31-,32+,33-,34?,36+;16-,19-,20+,21-/m11/s1. The highest BCUT2D eigenvalue weighted by molar-refractivity contribution is 5.76. The van der Waals surface area contributed by atoms with Crippen LogP contribution in [-0.2, 0) is 76.1 Å². The average Bonchev–Trinajstić information content (AvgIpc) is 3.39. The van der Waals surface area contributed by atoms with Crippen LogP contribution < -0.4 is 0 Å². The van der Waals surface area contributed by atoms with E-state index in [2.05, 4.69) is 6.92 Å². The molecule has 11 heteroatoms. The van der Waals surface area contributed by atoms with Gasteiger partial charge in [0.1, 0.15) is 18.3 Å². The van der Waals surface area contributed by atoms with Crippen molar-refractivity contribution in [3.8, 4) is 0 Å². The SMILES string of the molecule is CC[C@H]1OC(=O)[C@H](OCc2ccccc2)[C@@H](OCc2ccccc2)[C@@H]1C.CC[C@H]1O[C@]2(OC(O)(c3ccccc3)c3ccccc3C2(F)F)[C@H](OCc2ccccc2)[C@@H](OCc2ccccc2)[C@@H]1C. The zero-order chi connectivity index (χ0) is 48.4. The van der Waals surface area contributed by atoms with E-state index >= 15 is 8.78 Å². The fraction of sp³-hybridized carbons (Fsp3) is 0.362. The average molecular weight is 941 g/mol. The van der Waals surface area contributed by atoms with Gasteiger partial charge in [0.2, 0.25) is 5.79 Å². The second kappa shape index (κ2) is 22.4. The normalized spacial score (nSPS) is 28.2. The first-order valence-electron chi connectivity index (χ1n) is 23.9. The molecule has 10 atom stereocenters. The molecule has 6 aromatic rings. The summed E-state index contributed by atoms with van der Waals surface area (Å²) in [5, 5.41) is 12.3. The number of aliphatic hydroxyl groups is 1. The third-order valence-electron chi connectivity index (χ3n) is 13.5. The van der Waals surface area contributed by atoms with Crippen LogP contribution in [0, 0.1) is 11.8 Å². The lowest BCUT2D eigenvalue weighted by Gasteiger charge is -2.58. The summed E-state index contributed by atoms with van der Waals surface area (Å²) in [6.45, 7) is 8.89. The summed E-state index contributed by atoms with van der Waals surface area (Å²) in [5.41, 5.74) is 3.66. The predicted molar refractivity (Wildman–Crippen MR) is 257 cm³/mol. The van der Waals surface area contributed by atoms with E-state index in [0.717, 1.165) is 28.7 Å². The van der Waals surface area contributed by atoms with Crippen molar-refractivity contribution < 1.29 is 51.8 Å². The first-order chi connectivity index (χ1) is 33.5. The molecule has 1 N–H and O–H groups in total. The zero-order valence-corrected chi connectivity index (χ0v) is 39.6. The Bertz CT molecular complexity index is 2520. The molecule has 2 saturated heterocycles. The highest BCUT2D eigenvalue weighted by atomic mass is 19.3. The molecule has 9 rings (SSSR count). The van der Waals surface area contributed by atoms with Crippen molar-refractivity contribution in [2.45, 2.75) is 121 Å². The molecule has 3 aliphatic rings. The highest BCUT2D eigenvalue weighted by Gasteiger charge is 2.74. The number of alkyl halides is 2. The minimum atomic E-state index is -3.73. The van der Waals surface area contributed by atoms with Gasteiger partial charge in [-0.2, -0.15) is 8.78 Å². The molecule has 69 heavy (non-hydrogen) atoms. The molecule has 0 aromatic heterocycles. The Morgan fingerprint density at radius 2 is 0.928 bits per heavy atom. The van der Waals surface area contributed by atoms with E-state index in [1.54, 1.807) is 36.4 Å². The largest absolute Gasteiger partial charge is 0.460 e. The van der Waals surface area contributed by atoms with E-state index in [9.17, 15) is 9.90 Å². The Morgan fingerprint density at radius 3 is 1.42 bits per heavy atom. The van der Waals surface area contributed by atoms with Crippen LogP contribution in [0.2, 0.25) is 0 Å². The van der Waals surface area contributed by atoms with Gasteiger partial charge in [-0.25, -0.2) is 4.79 Å². The maximum absolute atomic E-state index is 17.2. The van der Waals surface area contributed by atoms with Gasteiger partial charge in [-0.1, -0.05) is 204 Å². The molecule has 362 valence electrons. The second-order valence-corrected chi connectivity index (χ2v) is 18.0. The summed E-state index contributed by atoms with van der Waals surface area (Å²) in [6.07, 6.45) is -2.95. The molecule has 1 spiro atoms. The third-order valence-corrected chi connectivity index (χ3v) is 13.5. The summed E-state index contributed by atoms with van der Waals surface area (Å²) in [4.78, 5) is 12.5.